The topological polar surface area (TPSA) is 58.3 Å². The minimum atomic E-state index is 0.314. The van der Waals surface area contributed by atoms with Crippen LogP contribution < -0.4 is 11.1 Å². The van der Waals surface area contributed by atoms with E-state index >= 15 is 0 Å². The van der Waals surface area contributed by atoms with Crippen LogP contribution in [-0.2, 0) is 0 Å². The van der Waals surface area contributed by atoms with E-state index in [1.54, 1.807) is 6.07 Å². The molecule has 2 unspecified atom stereocenters. The predicted molar refractivity (Wildman–Crippen MR) is 79.5 cm³/mol. The molecule has 4 N–H and O–H groups in total. The molecule has 0 heterocycles. The van der Waals surface area contributed by atoms with E-state index in [0.29, 0.717) is 17.8 Å². The summed E-state index contributed by atoms with van der Waals surface area (Å²) in [6.45, 7) is 0. The van der Waals surface area contributed by atoms with Crippen LogP contribution in [0.3, 0.4) is 0 Å². The maximum Gasteiger partial charge on any atom is 0.123 e. The molecule has 1 fully saturated rings. The molecule has 0 radical (unpaired) electrons. The molecule has 19 heavy (non-hydrogen) atoms. The Hall–Kier alpha value is -1.74. The fourth-order valence-corrected chi connectivity index (χ4v) is 3.00. The lowest BCUT2D eigenvalue weighted by Crippen LogP contribution is -2.34. The zero-order valence-corrected chi connectivity index (χ0v) is 11.0. The molecule has 1 aliphatic rings. The maximum absolute atomic E-state index is 9.90. The third-order valence-electron chi connectivity index (χ3n) is 3.97. The average molecular weight is 256 g/mol. The number of aromatic hydroxyl groups is 1. The van der Waals surface area contributed by atoms with Gasteiger partial charge in [-0.25, -0.2) is 0 Å². The van der Waals surface area contributed by atoms with Crippen molar-refractivity contribution in [2.45, 2.75) is 37.8 Å². The summed E-state index contributed by atoms with van der Waals surface area (Å²) in [6.07, 6.45) is 4.52. The highest BCUT2D eigenvalue weighted by Crippen LogP contribution is 2.31. The molecular weight excluding hydrogens is 236 g/mol. The van der Waals surface area contributed by atoms with E-state index in [-0.39, 0.29) is 0 Å². The van der Waals surface area contributed by atoms with Crippen LogP contribution in [0.2, 0.25) is 0 Å². The normalized spacial score (nSPS) is 23.4. The zero-order valence-electron chi connectivity index (χ0n) is 11.0. The highest BCUT2D eigenvalue weighted by Gasteiger charge is 2.19. The molecule has 2 aromatic carbocycles. The van der Waals surface area contributed by atoms with Gasteiger partial charge in [0.15, 0.2) is 0 Å². The van der Waals surface area contributed by atoms with Gasteiger partial charge in [0.1, 0.15) is 5.75 Å². The van der Waals surface area contributed by atoms with Gasteiger partial charge in [-0.2, -0.15) is 0 Å². The first-order chi connectivity index (χ1) is 9.24. The standard InChI is InChI=1S/C16H20N2O/c17-11-4-1-5-12(10-11)18-15-8-2-7-14-13(15)6-3-9-16(14)19/h2-3,6-9,11-12,18-19H,1,4-5,10,17H2. The number of benzene rings is 2. The zero-order chi connectivity index (χ0) is 13.2. The van der Waals surface area contributed by atoms with Crippen molar-refractivity contribution in [1.82, 2.24) is 0 Å². The first-order valence-corrected chi connectivity index (χ1v) is 6.97. The monoisotopic (exact) mass is 256 g/mol. The van der Waals surface area contributed by atoms with Crippen LogP contribution in [0.1, 0.15) is 25.7 Å². The second-order valence-corrected chi connectivity index (χ2v) is 5.45. The van der Waals surface area contributed by atoms with Crippen LogP contribution in [0.15, 0.2) is 36.4 Å². The molecule has 100 valence electrons. The lowest BCUT2D eigenvalue weighted by atomic mass is 9.91. The Morgan fingerprint density at radius 3 is 2.68 bits per heavy atom. The third-order valence-corrected chi connectivity index (χ3v) is 3.97. The Morgan fingerprint density at radius 1 is 1.05 bits per heavy atom. The number of hydrogen-bond donors (Lipinski definition) is 3. The van der Waals surface area contributed by atoms with Crippen molar-refractivity contribution in [3.05, 3.63) is 36.4 Å². The van der Waals surface area contributed by atoms with Crippen LogP contribution >= 0.6 is 0 Å². The van der Waals surface area contributed by atoms with Crippen molar-refractivity contribution in [3.8, 4) is 5.75 Å². The number of fused-ring (bicyclic) bond motifs is 1. The molecule has 0 aliphatic heterocycles. The van der Waals surface area contributed by atoms with Crippen LogP contribution in [0.4, 0.5) is 5.69 Å². The van der Waals surface area contributed by atoms with E-state index in [1.165, 1.54) is 12.8 Å². The quantitative estimate of drug-likeness (QED) is 0.773. The molecule has 0 spiro atoms. The highest BCUT2D eigenvalue weighted by atomic mass is 16.3. The molecule has 2 aromatic rings. The van der Waals surface area contributed by atoms with Crippen molar-refractivity contribution in [2.24, 2.45) is 5.73 Å². The second-order valence-electron chi connectivity index (χ2n) is 5.45. The molecule has 3 nitrogen and oxygen atoms in total. The Morgan fingerprint density at radius 2 is 1.84 bits per heavy atom. The summed E-state index contributed by atoms with van der Waals surface area (Å²) in [6, 6.07) is 12.4. The summed E-state index contributed by atoms with van der Waals surface area (Å²) >= 11 is 0. The van der Waals surface area contributed by atoms with Gasteiger partial charge in [-0.05, 0) is 37.8 Å². The summed E-state index contributed by atoms with van der Waals surface area (Å²) in [4.78, 5) is 0. The third kappa shape index (κ3) is 2.51. The summed E-state index contributed by atoms with van der Waals surface area (Å²) < 4.78 is 0. The Kier molecular flexibility index (Phi) is 3.30. The molecule has 3 heteroatoms. The summed E-state index contributed by atoms with van der Waals surface area (Å²) in [5.41, 5.74) is 7.13. The van der Waals surface area contributed by atoms with Crippen LogP contribution in [0.5, 0.6) is 5.75 Å². The summed E-state index contributed by atoms with van der Waals surface area (Å²) in [7, 11) is 0. The van der Waals surface area contributed by atoms with Gasteiger partial charge in [0.25, 0.3) is 0 Å². The lowest BCUT2D eigenvalue weighted by Gasteiger charge is -2.28. The second kappa shape index (κ2) is 5.10. The van der Waals surface area contributed by atoms with Gasteiger partial charge in [-0.1, -0.05) is 24.3 Å². The molecule has 0 aromatic heterocycles. The molecule has 3 rings (SSSR count). The van der Waals surface area contributed by atoms with Gasteiger partial charge < -0.3 is 16.2 Å². The predicted octanol–water partition coefficient (Wildman–Crippen LogP) is 3.23. The Balaban J connectivity index is 1.90. The number of phenolic OH excluding ortho intramolecular Hbond substituents is 1. The van der Waals surface area contributed by atoms with Gasteiger partial charge in [0, 0.05) is 28.5 Å². The number of hydrogen-bond acceptors (Lipinski definition) is 3. The summed E-state index contributed by atoms with van der Waals surface area (Å²) in [5.74, 6) is 0.335. The number of nitrogens with one attached hydrogen (secondary N) is 1. The SMILES string of the molecule is NC1CCCC(Nc2cccc3c(O)cccc23)C1. The van der Waals surface area contributed by atoms with Crippen molar-refractivity contribution >= 4 is 16.5 Å². The first-order valence-electron chi connectivity index (χ1n) is 6.97. The molecular formula is C16H20N2O. The van der Waals surface area contributed by atoms with E-state index in [0.717, 1.165) is 29.3 Å². The van der Waals surface area contributed by atoms with E-state index in [1.807, 2.05) is 24.3 Å². The molecule has 1 saturated carbocycles. The minimum absolute atomic E-state index is 0.314. The minimum Gasteiger partial charge on any atom is -0.507 e. The number of phenols is 1. The number of rotatable bonds is 2. The van der Waals surface area contributed by atoms with Crippen molar-refractivity contribution in [3.63, 3.8) is 0 Å². The Bertz CT molecular complexity index is 582. The van der Waals surface area contributed by atoms with E-state index in [4.69, 9.17) is 5.73 Å². The highest BCUT2D eigenvalue weighted by molar-refractivity contribution is 5.97. The largest absolute Gasteiger partial charge is 0.507 e. The lowest BCUT2D eigenvalue weighted by molar-refractivity contribution is 0.410. The van der Waals surface area contributed by atoms with Gasteiger partial charge in [-0.15, -0.1) is 0 Å². The fraction of sp³-hybridized carbons (Fsp3) is 0.375. The fourth-order valence-electron chi connectivity index (χ4n) is 3.00. The van der Waals surface area contributed by atoms with Gasteiger partial charge in [0.2, 0.25) is 0 Å². The van der Waals surface area contributed by atoms with Gasteiger partial charge >= 0.3 is 0 Å². The Labute approximate surface area is 113 Å². The van der Waals surface area contributed by atoms with Crippen molar-refractivity contribution in [1.29, 1.82) is 0 Å². The van der Waals surface area contributed by atoms with E-state index in [9.17, 15) is 5.11 Å². The molecule has 0 bridgehead atoms. The van der Waals surface area contributed by atoms with Gasteiger partial charge in [0.05, 0.1) is 0 Å². The molecule has 1 aliphatic carbocycles. The van der Waals surface area contributed by atoms with Gasteiger partial charge in [-0.3, -0.25) is 0 Å². The average Bonchev–Trinajstić information content (AvgIpc) is 2.40. The van der Waals surface area contributed by atoms with Crippen molar-refractivity contribution < 1.29 is 5.11 Å². The van der Waals surface area contributed by atoms with Crippen molar-refractivity contribution in [2.75, 3.05) is 5.32 Å². The molecule has 0 saturated heterocycles. The van der Waals surface area contributed by atoms with E-state index in [2.05, 4.69) is 11.4 Å². The molecule has 0 amide bonds. The van der Waals surface area contributed by atoms with E-state index < -0.39 is 0 Å². The first kappa shape index (κ1) is 12.3. The van der Waals surface area contributed by atoms with Crippen LogP contribution in [0.25, 0.3) is 10.8 Å². The molecule has 2 atom stereocenters. The number of anilines is 1. The smallest absolute Gasteiger partial charge is 0.123 e. The number of nitrogens with two attached hydrogens (primary N) is 1. The van der Waals surface area contributed by atoms with Crippen LogP contribution in [0, 0.1) is 0 Å². The summed E-state index contributed by atoms with van der Waals surface area (Å²) in [5, 5.41) is 15.5. The maximum atomic E-state index is 9.90. The van der Waals surface area contributed by atoms with Crippen LogP contribution in [-0.4, -0.2) is 17.2 Å².